The second-order valence-electron chi connectivity index (χ2n) is 4.49. The molecule has 2 unspecified atom stereocenters. The van der Waals surface area contributed by atoms with Crippen LogP contribution in [0.3, 0.4) is 0 Å². The summed E-state index contributed by atoms with van der Waals surface area (Å²) in [4.78, 5) is 12.5. The molecule has 90 valence electrons. The number of carboxylic acids is 1. The minimum atomic E-state index is -0.718. The van der Waals surface area contributed by atoms with Crippen molar-refractivity contribution in [2.75, 3.05) is 20.6 Å². The predicted octanol–water partition coefficient (Wildman–Crippen LogP) is 1.17. The maximum atomic E-state index is 10.4. The van der Waals surface area contributed by atoms with Gasteiger partial charge in [0, 0.05) is 18.5 Å². The average Bonchev–Trinajstić information content (AvgIpc) is 2.11. The Morgan fingerprint density at radius 3 is 2.27 bits per heavy atom. The molecule has 4 heteroatoms. The lowest BCUT2D eigenvalue weighted by molar-refractivity contribution is -0.137. The van der Waals surface area contributed by atoms with E-state index in [1.807, 2.05) is 6.92 Å². The summed E-state index contributed by atoms with van der Waals surface area (Å²) in [5.74, 6) is -0.718. The second-order valence-corrected chi connectivity index (χ2v) is 4.49. The van der Waals surface area contributed by atoms with Crippen LogP contribution >= 0.6 is 0 Å². The first-order chi connectivity index (χ1) is 6.91. The Morgan fingerprint density at radius 2 is 1.80 bits per heavy atom. The molecule has 0 aromatic carbocycles. The van der Waals surface area contributed by atoms with Crippen molar-refractivity contribution in [3.63, 3.8) is 0 Å². The summed E-state index contributed by atoms with van der Waals surface area (Å²) >= 11 is 0. The summed E-state index contributed by atoms with van der Waals surface area (Å²) in [7, 11) is 4.11. The van der Waals surface area contributed by atoms with Crippen molar-refractivity contribution >= 4 is 5.97 Å². The van der Waals surface area contributed by atoms with Gasteiger partial charge in [-0.2, -0.15) is 0 Å². The third-order valence-corrected chi connectivity index (χ3v) is 2.37. The van der Waals surface area contributed by atoms with Crippen LogP contribution in [-0.2, 0) is 4.79 Å². The standard InChI is InChI=1S/C11H24N2O2/c1-9(5-6-11(14)15)12-10(2)7-8-13(3)4/h9-10,12H,5-8H2,1-4H3,(H,14,15). The van der Waals surface area contributed by atoms with Crippen molar-refractivity contribution < 1.29 is 9.90 Å². The highest BCUT2D eigenvalue weighted by molar-refractivity contribution is 5.66. The third kappa shape index (κ3) is 9.69. The van der Waals surface area contributed by atoms with Crippen molar-refractivity contribution in [3.05, 3.63) is 0 Å². The predicted molar refractivity (Wildman–Crippen MR) is 62.1 cm³/mol. The summed E-state index contributed by atoms with van der Waals surface area (Å²) in [6.07, 6.45) is 2.03. The van der Waals surface area contributed by atoms with Crippen LogP contribution in [0, 0.1) is 0 Å². The lowest BCUT2D eigenvalue weighted by atomic mass is 10.1. The molecular weight excluding hydrogens is 192 g/mol. The molecule has 0 aromatic heterocycles. The summed E-state index contributed by atoms with van der Waals surface area (Å²) in [5, 5.41) is 11.9. The summed E-state index contributed by atoms with van der Waals surface area (Å²) in [6, 6.07) is 0.717. The molecule has 4 nitrogen and oxygen atoms in total. The van der Waals surface area contributed by atoms with Gasteiger partial charge in [0.05, 0.1) is 0 Å². The molecular formula is C11H24N2O2. The smallest absolute Gasteiger partial charge is 0.303 e. The largest absolute Gasteiger partial charge is 0.481 e. The molecule has 2 atom stereocenters. The lowest BCUT2D eigenvalue weighted by Crippen LogP contribution is -2.36. The van der Waals surface area contributed by atoms with Gasteiger partial charge < -0.3 is 15.3 Å². The van der Waals surface area contributed by atoms with E-state index >= 15 is 0 Å². The Hall–Kier alpha value is -0.610. The SMILES string of the molecule is CC(CCC(=O)O)NC(C)CCN(C)C. The monoisotopic (exact) mass is 216 g/mol. The van der Waals surface area contributed by atoms with E-state index in [1.54, 1.807) is 0 Å². The van der Waals surface area contributed by atoms with Gasteiger partial charge in [-0.3, -0.25) is 4.79 Å². The van der Waals surface area contributed by atoms with Crippen LogP contribution in [0.1, 0.15) is 33.1 Å². The molecule has 0 fully saturated rings. The summed E-state index contributed by atoms with van der Waals surface area (Å²) < 4.78 is 0. The number of carboxylic acid groups (broad SMARTS) is 1. The van der Waals surface area contributed by atoms with Crippen LogP contribution in [0.4, 0.5) is 0 Å². The molecule has 0 aliphatic rings. The van der Waals surface area contributed by atoms with Gasteiger partial charge >= 0.3 is 5.97 Å². The van der Waals surface area contributed by atoms with E-state index in [0.717, 1.165) is 13.0 Å². The molecule has 0 bridgehead atoms. The van der Waals surface area contributed by atoms with Crippen molar-refractivity contribution in [3.8, 4) is 0 Å². The highest BCUT2D eigenvalue weighted by Gasteiger charge is 2.09. The van der Waals surface area contributed by atoms with Crippen LogP contribution in [0.2, 0.25) is 0 Å². The van der Waals surface area contributed by atoms with Gasteiger partial charge in [0.25, 0.3) is 0 Å². The second kappa shape index (κ2) is 7.65. The number of carbonyl (C=O) groups is 1. The maximum Gasteiger partial charge on any atom is 0.303 e. The number of nitrogens with zero attached hydrogens (tertiary/aromatic N) is 1. The third-order valence-electron chi connectivity index (χ3n) is 2.37. The van der Waals surface area contributed by atoms with Gasteiger partial charge in [-0.05, 0) is 47.3 Å². The highest BCUT2D eigenvalue weighted by atomic mass is 16.4. The Bertz CT molecular complexity index is 183. The van der Waals surface area contributed by atoms with E-state index in [4.69, 9.17) is 5.11 Å². The van der Waals surface area contributed by atoms with Crippen molar-refractivity contribution in [1.82, 2.24) is 10.2 Å². The molecule has 0 aromatic rings. The van der Waals surface area contributed by atoms with Crippen molar-refractivity contribution in [2.24, 2.45) is 0 Å². The molecule has 0 aliphatic heterocycles. The van der Waals surface area contributed by atoms with Crippen LogP contribution in [0.15, 0.2) is 0 Å². The molecule has 0 aliphatic carbocycles. The first kappa shape index (κ1) is 14.4. The molecule has 2 N–H and O–H groups in total. The van der Waals surface area contributed by atoms with Crippen LogP contribution in [0.5, 0.6) is 0 Å². The number of rotatable bonds is 8. The zero-order valence-electron chi connectivity index (χ0n) is 10.3. The zero-order valence-corrected chi connectivity index (χ0v) is 10.3. The Labute approximate surface area is 92.7 Å². The highest BCUT2D eigenvalue weighted by Crippen LogP contribution is 2.00. The summed E-state index contributed by atoms with van der Waals surface area (Å²) in [6.45, 7) is 5.23. The normalized spacial score (nSPS) is 15.3. The minimum absolute atomic E-state index is 0.245. The van der Waals surface area contributed by atoms with Gasteiger partial charge in [-0.1, -0.05) is 0 Å². The van der Waals surface area contributed by atoms with E-state index < -0.39 is 5.97 Å². The van der Waals surface area contributed by atoms with Gasteiger partial charge in [0.2, 0.25) is 0 Å². The van der Waals surface area contributed by atoms with Crippen LogP contribution in [0.25, 0.3) is 0 Å². The molecule has 0 saturated heterocycles. The van der Waals surface area contributed by atoms with E-state index in [2.05, 4.69) is 31.2 Å². The van der Waals surface area contributed by atoms with Gasteiger partial charge in [0.1, 0.15) is 0 Å². The van der Waals surface area contributed by atoms with Crippen LogP contribution < -0.4 is 5.32 Å². The molecule has 0 rings (SSSR count). The fourth-order valence-electron chi connectivity index (χ4n) is 1.44. The van der Waals surface area contributed by atoms with Crippen molar-refractivity contribution in [1.29, 1.82) is 0 Å². The topological polar surface area (TPSA) is 52.6 Å². The first-order valence-electron chi connectivity index (χ1n) is 5.54. The Kier molecular flexibility index (Phi) is 7.34. The number of hydrogen-bond donors (Lipinski definition) is 2. The quantitative estimate of drug-likeness (QED) is 0.639. The van der Waals surface area contributed by atoms with E-state index in [0.29, 0.717) is 12.5 Å². The number of nitrogens with one attached hydrogen (secondary N) is 1. The van der Waals surface area contributed by atoms with Crippen LogP contribution in [-0.4, -0.2) is 48.7 Å². The van der Waals surface area contributed by atoms with E-state index in [9.17, 15) is 4.79 Å². The van der Waals surface area contributed by atoms with Crippen molar-refractivity contribution in [2.45, 2.75) is 45.2 Å². The Morgan fingerprint density at radius 1 is 1.27 bits per heavy atom. The molecule has 0 saturated carbocycles. The fraction of sp³-hybridized carbons (Fsp3) is 0.909. The molecule has 0 radical (unpaired) electrons. The average molecular weight is 216 g/mol. The summed E-state index contributed by atoms with van der Waals surface area (Å²) in [5.41, 5.74) is 0. The first-order valence-corrected chi connectivity index (χ1v) is 5.54. The number of hydrogen-bond acceptors (Lipinski definition) is 3. The maximum absolute atomic E-state index is 10.4. The number of aliphatic carboxylic acids is 1. The van der Waals surface area contributed by atoms with Gasteiger partial charge in [-0.25, -0.2) is 0 Å². The zero-order chi connectivity index (χ0) is 11.8. The molecule has 0 heterocycles. The lowest BCUT2D eigenvalue weighted by Gasteiger charge is -2.21. The molecule has 0 spiro atoms. The van der Waals surface area contributed by atoms with Gasteiger partial charge in [0.15, 0.2) is 0 Å². The Balaban J connectivity index is 3.57. The van der Waals surface area contributed by atoms with E-state index in [1.165, 1.54) is 0 Å². The fourth-order valence-corrected chi connectivity index (χ4v) is 1.44. The van der Waals surface area contributed by atoms with E-state index in [-0.39, 0.29) is 12.5 Å². The molecule has 15 heavy (non-hydrogen) atoms. The minimum Gasteiger partial charge on any atom is -0.481 e. The van der Waals surface area contributed by atoms with Gasteiger partial charge in [-0.15, -0.1) is 0 Å². The molecule has 0 amide bonds.